The van der Waals surface area contributed by atoms with Gasteiger partial charge in [0, 0.05) is 32.9 Å². The normalized spacial score (nSPS) is 16.5. The second-order valence-electron chi connectivity index (χ2n) is 6.34. The van der Waals surface area contributed by atoms with E-state index in [-0.39, 0.29) is 5.78 Å². The molecular formula is C18H27NO4. The number of nitrogens with zero attached hydrogens (tertiary/aromatic N) is 1. The Balaban J connectivity index is 2.25. The third kappa shape index (κ3) is 4.18. The first-order valence-corrected chi connectivity index (χ1v) is 7.98. The lowest BCUT2D eigenvalue weighted by atomic mass is 9.89. The highest BCUT2D eigenvalue weighted by molar-refractivity contribution is 6.02. The maximum absolute atomic E-state index is 13.0. The van der Waals surface area contributed by atoms with Crippen LogP contribution in [-0.4, -0.2) is 56.7 Å². The third-order valence-electron chi connectivity index (χ3n) is 4.43. The Morgan fingerprint density at radius 3 is 2.35 bits per heavy atom. The fourth-order valence-corrected chi connectivity index (χ4v) is 2.97. The first kappa shape index (κ1) is 18.1. The predicted molar refractivity (Wildman–Crippen MR) is 88.7 cm³/mol. The van der Waals surface area contributed by atoms with E-state index in [1.54, 1.807) is 14.2 Å². The molecule has 0 radical (unpaired) electrons. The van der Waals surface area contributed by atoms with Crippen LogP contribution in [0.2, 0.25) is 0 Å². The number of benzene rings is 1. The summed E-state index contributed by atoms with van der Waals surface area (Å²) in [6.07, 6.45) is 0. The summed E-state index contributed by atoms with van der Waals surface area (Å²) < 4.78 is 15.9. The van der Waals surface area contributed by atoms with Crippen molar-refractivity contribution in [1.82, 2.24) is 4.90 Å². The number of hydrogen-bond donors (Lipinski definition) is 0. The fourth-order valence-electron chi connectivity index (χ4n) is 2.97. The first-order chi connectivity index (χ1) is 11.0. The molecule has 1 aromatic carbocycles. The van der Waals surface area contributed by atoms with Gasteiger partial charge in [0.05, 0.1) is 32.0 Å². The van der Waals surface area contributed by atoms with Gasteiger partial charge in [0.25, 0.3) is 0 Å². The van der Waals surface area contributed by atoms with Gasteiger partial charge in [-0.1, -0.05) is 12.1 Å². The molecule has 1 heterocycles. The van der Waals surface area contributed by atoms with Crippen molar-refractivity contribution in [3.8, 4) is 0 Å². The summed E-state index contributed by atoms with van der Waals surface area (Å²) in [5, 5.41) is 0. The first-order valence-electron chi connectivity index (χ1n) is 7.98. The molecule has 0 unspecified atom stereocenters. The van der Waals surface area contributed by atoms with E-state index >= 15 is 0 Å². The molecule has 128 valence electrons. The van der Waals surface area contributed by atoms with Crippen molar-refractivity contribution in [1.29, 1.82) is 0 Å². The molecule has 1 aliphatic heterocycles. The van der Waals surface area contributed by atoms with Gasteiger partial charge in [0.15, 0.2) is 5.78 Å². The SMILES string of the molecule is COCc1ccc(C(=O)C(C)(C)N2CCOCC2)cc1COC. The number of carbonyl (C=O) groups is 1. The second kappa shape index (κ2) is 8.02. The molecule has 0 aliphatic carbocycles. The minimum Gasteiger partial charge on any atom is -0.380 e. The number of carbonyl (C=O) groups excluding carboxylic acids is 1. The zero-order chi connectivity index (χ0) is 16.9. The summed E-state index contributed by atoms with van der Waals surface area (Å²) in [6, 6.07) is 5.78. The maximum Gasteiger partial charge on any atom is 0.182 e. The Hall–Kier alpha value is -1.27. The maximum atomic E-state index is 13.0. The molecule has 23 heavy (non-hydrogen) atoms. The lowest BCUT2D eigenvalue weighted by Gasteiger charge is -2.39. The van der Waals surface area contributed by atoms with E-state index in [1.807, 2.05) is 32.0 Å². The van der Waals surface area contributed by atoms with Crippen molar-refractivity contribution in [2.45, 2.75) is 32.6 Å². The van der Waals surface area contributed by atoms with Gasteiger partial charge < -0.3 is 14.2 Å². The molecule has 0 saturated carbocycles. The molecule has 0 amide bonds. The molecule has 0 spiro atoms. The quantitative estimate of drug-likeness (QED) is 0.721. The summed E-state index contributed by atoms with van der Waals surface area (Å²) in [5.41, 5.74) is 2.22. The molecule has 1 aliphatic rings. The van der Waals surface area contributed by atoms with E-state index in [9.17, 15) is 4.79 Å². The third-order valence-corrected chi connectivity index (χ3v) is 4.43. The van der Waals surface area contributed by atoms with Crippen molar-refractivity contribution in [2.75, 3.05) is 40.5 Å². The summed E-state index contributed by atoms with van der Waals surface area (Å²) in [7, 11) is 3.32. The molecule has 0 aromatic heterocycles. The van der Waals surface area contributed by atoms with Gasteiger partial charge in [-0.3, -0.25) is 9.69 Å². The highest BCUT2D eigenvalue weighted by Crippen LogP contribution is 2.24. The molecule has 5 heteroatoms. The summed E-state index contributed by atoms with van der Waals surface area (Å²) >= 11 is 0. The highest BCUT2D eigenvalue weighted by atomic mass is 16.5. The minimum absolute atomic E-state index is 0.126. The number of hydrogen-bond acceptors (Lipinski definition) is 5. The molecule has 1 saturated heterocycles. The van der Waals surface area contributed by atoms with Crippen molar-refractivity contribution in [3.63, 3.8) is 0 Å². The van der Waals surface area contributed by atoms with Gasteiger partial charge in [-0.15, -0.1) is 0 Å². The van der Waals surface area contributed by atoms with Crippen molar-refractivity contribution >= 4 is 5.78 Å². The number of ketones is 1. The van der Waals surface area contributed by atoms with Crippen LogP contribution in [0.4, 0.5) is 0 Å². The lowest BCUT2D eigenvalue weighted by Crippen LogP contribution is -2.54. The van der Waals surface area contributed by atoms with E-state index in [0.717, 1.165) is 24.2 Å². The topological polar surface area (TPSA) is 48.0 Å². The Morgan fingerprint density at radius 2 is 1.74 bits per heavy atom. The van der Waals surface area contributed by atoms with Crippen LogP contribution >= 0.6 is 0 Å². The van der Waals surface area contributed by atoms with Gasteiger partial charge in [-0.2, -0.15) is 0 Å². The van der Waals surface area contributed by atoms with Crippen molar-refractivity contribution in [3.05, 3.63) is 34.9 Å². The van der Waals surface area contributed by atoms with Crippen molar-refractivity contribution < 1.29 is 19.0 Å². The van der Waals surface area contributed by atoms with Crippen LogP contribution < -0.4 is 0 Å². The molecule has 2 rings (SSSR count). The van der Waals surface area contributed by atoms with Crippen LogP contribution in [0.1, 0.15) is 35.3 Å². The Kier molecular flexibility index (Phi) is 6.30. The number of morpholine rings is 1. The van der Waals surface area contributed by atoms with Crippen LogP contribution in [0.5, 0.6) is 0 Å². The number of ether oxygens (including phenoxy) is 3. The van der Waals surface area contributed by atoms with Gasteiger partial charge in [0.1, 0.15) is 0 Å². The number of methoxy groups -OCH3 is 2. The number of rotatable bonds is 7. The van der Waals surface area contributed by atoms with Gasteiger partial charge in [-0.05, 0) is 31.0 Å². The standard InChI is InChI=1S/C18H27NO4/c1-18(2,19-7-9-23-10-8-19)17(20)14-5-6-15(12-21-3)16(11-14)13-22-4/h5-6,11H,7-10,12-13H2,1-4H3. The molecule has 1 aromatic rings. The molecule has 5 nitrogen and oxygen atoms in total. The van der Waals surface area contributed by atoms with Gasteiger partial charge >= 0.3 is 0 Å². The van der Waals surface area contributed by atoms with Crippen LogP contribution in [0.3, 0.4) is 0 Å². The Labute approximate surface area is 138 Å². The summed E-state index contributed by atoms with van der Waals surface area (Å²) in [5.74, 6) is 0.126. The Bertz CT molecular complexity index is 536. The fraction of sp³-hybridized carbons (Fsp3) is 0.611. The number of Topliss-reactive ketones (excluding diaryl/α,β-unsaturated/α-hetero) is 1. The van der Waals surface area contributed by atoms with E-state index in [0.29, 0.717) is 32.0 Å². The van der Waals surface area contributed by atoms with Crippen LogP contribution in [0.15, 0.2) is 18.2 Å². The zero-order valence-corrected chi connectivity index (χ0v) is 14.6. The van der Waals surface area contributed by atoms with E-state index < -0.39 is 5.54 Å². The van der Waals surface area contributed by atoms with Crippen LogP contribution in [0, 0.1) is 0 Å². The zero-order valence-electron chi connectivity index (χ0n) is 14.6. The van der Waals surface area contributed by atoms with Crippen LogP contribution in [-0.2, 0) is 27.4 Å². The van der Waals surface area contributed by atoms with E-state index in [4.69, 9.17) is 14.2 Å². The largest absolute Gasteiger partial charge is 0.380 e. The summed E-state index contributed by atoms with van der Waals surface area (Å²) in [6.45, 7) is 7.88. The average Bonchev–Trinajstić information content (AvgIpc) is 2.57. The molecular weight excluding hydrogens is 294 g/mol. The molecule has 0 N–H and O–H groups in total. The molecule has 0 bridgehead atoms. The smallest absolute Gasteiger partial charge is 0.182 e. The predicted octanol–water partition coefficient (Wildman–Crippen LogP) is 2.27. The van der Waals surface area contributed by atoms with E-state index in [1.165, 1.54) is 0 Å². The monoisotopic (exact) mass is 321 g/mol. The minimum atomic E-state index is -0.545. The summed E-state index contributed by atoms with van der Waals surface area (Å²) in [4.78, 5) is 15.2. The molecule has 1 fully saturated rings. The van der Waals surface area contributed by atoms with Crippen LogP contribution in [0.25, 0.3) is 0 Å². The van der Waals surface area contributed by atoms with Crippen molar-refractivity contribution in [2.24, 2.45) is 0 Å². The lowest BCUT2D eigenvalue weighted by molar-refractivity contribution is -0.00430. The highest BCUT2D eigenvalue weighted by Gasteiger charge is 2.36. The molecule has 0 atom stereocenters. The second-order valence-corrected chi connectivity index (χ2v) is 6.34. The average molecular weight is 321 g/mol. The van der Waals surface area contributed by atoms with E-state index in [2.05, 4.69) is 4.90 Å². The van der Waals surface area contributed by atoms with Gasteiger partial charge in [-0.25, -0.2) is 0 Å². The van der Waals surface area contributed by atoms with Gasteiger partial charge in [0.2, 0.25) is 0 Å². The Morgan fingerprint density at radius 1 is 1.13 bits per heavy atom.